The molecule has 1 rings (SSSR count). The lowest BCUT2D eigenvalue weighted by molar-refractivity contribution is -0.137. The summed E-state index contributed by atoms with van der Waals surface area (Å²) in [5, 5.41) is 2.80. The third-order valence-corrected chi connectivity index (χ3v) is 2.22. The number of anilines is 1. The quantitative estimate of drug-likeness (QED) is 0.835. The van der Waals surface area contributed by atoms with E-state index in [9.17, 15) is 13.2 Å². The SMILES string of the molecule is C#CC(C)Oc1cc(C(F)(F)F)cc(NCCC)n1. The molecule has 6 heteroatoms. The summed E-state index contributed by atoms with van der Waals surface area (Å²) in [6.07, 6.45) is 0.795. The van der Waals surface area contributed by atoms with E-state index in [1.54, 1.807) is 6.92 Å². The standard InChI is InChI=1S/C13H15F3N2O/c1-4-6-17-11-7-10(13(14,15)16)8-12(18-11)19-9(3)5-2/h2,7-9H,4,6H2,1,3H3,(H,17,18). The summed E-state index contributed by atoms with van der Waals surface area (Å²) in [5.74, 6) is 2.25. The van der Waals surface area contributed by atoms with Crippen LogP contribution in [0.5, 0.6) is 5.88 Å². The molecular formula is C13H15F3N2O. The summed E-state index contributed by atoms with van der Waals surface area (Å²) in [6, 6.07) is 1.79. The summed E-state index contributed by atoms with van der Waals surface area (Å²) in [6.45, 7) is 3.98. The van der Waals surface area contributed by atoms with Gasteiger partial charge in [0.1, 0.15) is 5.82 Å². The molecular weight excluding hydrogens is 257 g/mol. The molecule has 0 bridgehead atoms. The first-order chi connectivity index (χ1) is 8.86. The lowest BCUT2D eigenvalue weighted by Gasteiger charge is -2.14. The predicted molar refractivity (Wildman–Crippen MR) is 66.9 cm³/mol. The molecule has 0 aliphatic carbocycles. The number of pyridine rings is 1. The van der Waals surface area contributed by atoms with Crippen molar-refractivity contribution in [2.75, 3.05) is 11.9 Å². The van der Waals surface area contributed by atoms with E-state index in [0.29, 0.717) is 6.54 Å². The Morgan fingerprint density at radius 1 is 1.47 bits per heavy atom. The second-order valence-corrected chi connectivity index (χ2v) is 3.93. The molecule has 0 aromatic carbocycles. The van der Waals surface area contributed by atoms with Crippen molar-refractivity contribution >= 4 is 5.82 Å². The van der Waals surface area contributed by atoms with Crippen LogP contribution in [0, 0.1) is 12.3 Å². The maximum Gasteiger partial charge on any atom is 0.416 e. The summed E-state index contributed by atoms with van der Waals surface area (Å²) in [5.41, 5.74) is -0.819. The van der Waals surface area contributed by atoms with Crippen LogP contribution < -0.4 is 10.1 Å². The van der Waals surface area contributed by atoms with E-state index < -0.39 is 17.8 Å². The third kappa shape index (κ3) is 4.70. The Bertz CT molecular complexity index is 466. The second-order valence-electron chi connectivity index (χ2n) is 3.93. The number of rotatable bonds is 5. The van der Waals surface area contributed by atoms with Gasteiger partial charge in [-0.15, -0.1) is 6.42 Å². The van der Waals surface area contributed by atoms with Gasteiger partial charge in [-0.25, -0.2) is 0 Å². The zero-order chi connectivity index (χ0) is 14.5. The molecule has 0 saturated carbocycles. The average Bonchev–Trinajstić information content (AvgIpc) is 2.34. The molecule has 1 aromatic rings. The van der Waals surface area contributed by atoms with Crippen LogP contribution in [0.3, 0.4) is 0 Å². The maximum absolute atomic E-state index is 12.7. The number of ether oxygens (including phenoxy) is 1. The fourth-order valence-corrected chi connectivity index (χ4v) is 1.29. The van der Waals surface area contributed by atoms with Crippen molar-refractivity contribution < 1.29 is 17.9 Å². The lowest BCUT2D eigenvalue weighted by Crippen LogP contribution is -2.13. The molecule has 1 N–H and O–H groups in total. The normalized spacial score (nSPS) is 12.6. The van der Waals surface area contributed by atoms with Crippen molar-refractivity contribution in [1.82, 2.24) is 4.98 Å². The van der Waals surface area contributed by atoms with Gasteiger partial charge < -0.3 is 10.1 Å². The van der Waals surface area contributed by atoms with Crippen LogP contribution in [0.15, 0.2) is 12.1 Å². The molecule has 1 aromatic heterocycles. The van der Waals surface area contributed by atoms with Gasteiger partial charge in [0.2, 0.25) is 5.88 Å². The molecule has 0 aliphatic heterocycles. The molecule has 0 aliphatic rings. The molecule has 104 valence electrons. The van der Waals surface area contributed by atoms with E-state index in [0.717, 1.165) is 18.6 Å². The van der Waals surface area contributed by atoms with Crippen molar-refractivity contribution in [3.8, 4) is 18.2 Å². The highest BCUT2D eigenvalue weighted by atomic mass is 19.4. The molecule has 0 saturated heterocycles. The Labute approximate surface area is 110 Å². The number of aromatic nitrogens is 1. The predicted octanol–water partition coefficient (Wildman–Crippen LogP) is 3.32. The molecule has 1 heterocycles. The fourth-order valence-electron chi connectivity index (χ4n) is 1.29. The van der Waals surface area contributed by atoms with Gasteiger partial charge >= 0.3 is 6.18 Å². The van der Waals surface area contributed by atoms with E-state index in [1.807, 2.05) is 6.92 Å². The van der Waals surface area contributed by atoms with Crippen molar-refractivity contribution in [2.24, 2.45) is 0 Å². The van der Waals surface area contributed by atoms with E-state index >= 15 is 0 Å². The summed E-state index contributed by atoms with van der Waals surface area (Å²) < 4.78 is 43.3. The van der Waals surface area contributed by atoms with Crippen LogP contribution in [-0.2, 0) is 6.18 Å². The van der Waals surface area contributed by atoms with Crippen molar-refractivity contribution in [1.29, 1.82) is 0 Å². The number of alkyl halides is 3. The second kappa shape index (κ2) is 6.32. The molecule has 1 atom stereocenters. The first-order valence-corrected chi connectivity index (χ1v) is 5.82. The smallest absolute Gasteiger partial charge is 0.416 e. The van der Waals surface area contributed by atoms with Gasteiger partial charge in [0.25, 0.3) is 0 Å². The number of hydrogen-bond acceptors (Lipinski definition) is 3. The van der Waals surface area contributed by atoms with Crippen LogP contribution in [0.4, 0.5) is 19.0 Å². The van der Waals surface area contributed by atoms with Crippen molar-refractivity contribution in [3.05, 3.63) is 17.7 Å². The van der Waals surface area contributed by atoms with Crippen LogP contribution in [0.25, 0.3) is 0 Å². The lowest BCUT2D eigenvalue weighted by atomic mass is 10.2. The first kappa shape index (κ1) is 15.2. The minimum absolute atomic E-state index is 0.121. The monoisotopic (exact) mass is 272 g/mol. The Kier molecular flexibility index (Phi) is 5.04. The van der Waals surface area contributed by atoms with Gasteiger partial charge in [0, 0.05) is 12.6 Å². The van der Waals surface area contributed by atoms with Gasteiger partial charge in [-0.1, -0.05) is 12.8 Å². The van der Waals surface area contributed by atoms with E-state index in [-0.39, 0.29) is 11.7 Å². The molecule has 1 unspecified atom stereocenters. The maximum atomic E-state index is 12.7. The van der Waals surface area contributed by atoms with E-state index in [1.165, 1.54) is 0 Å². The van der Waals surface area contributed by atoms with E-state index in [4.69, 9.17) is 11.2 Å². The molecule has 0 spiro atoms. The summed E-state index contributed by atoms with van der Waals surface area (Å²) in [7, 11) is 0. The highest BCUT2D eigenvalue weighted by Gasteiger charge is 2.32. The Morgan fingerprint density at radius 3 is 2.68 bits per heavy atom. The average molecular weight is 272 g/mol. The van der Waals surface area contributed by atoms with Crippen molar-refractivity contribution in [3.63, 3.8) is 0 Å². The molecule has 19 heavy (non-hydrogen) atoms. The summed E-state index contributed by atoms with van der Waals surface area (Å²) in [4.78, 5) is 3.94. The Morgan fingerprint density at radius 2 is 2.16 bits per heavy atom. The van der Waals surface area contributed by atoms with Gasteiger partial charge in [0.05, 0.1) is 5.56 Å². The highest BCUT2D eigenvalue weighted by Crippen LogP contribution is 2.32. The van der Waals surface area contributed by atoms with Gasteiger partial charge in [-0.3, -0.25) is 0 Å². The largest absolute Gasteiger partial charge is 0.461 e. The fraction of sp³-hybridized carbons (Fsp3) is 0.462. The van der Waals surface area contributed by atoms with Crippen LogP contribution >= 0.6 is 0 Å². The van der Waals surface area contributed by atoms with Gasteiger partial charge in [-0.05, 0) is 19.4 Å². The van der Waals surface area contributed by atoms with Gasteiger partial charge in [-0.2, -0.15) is 18.2 Å². The Hall–Kier alpha value is -1.90. The number of terminal acetylenes is 1. The molecule has 0 amide bonds. The first-order valence-electron chi connectivity index (χ1n) is 5.82. The molecule has 3 nitrogen and oxygen atoms in total. The number of halogens is 3. The number of nitrogens with zero attached hydrogens (tertiary/aromatic N) is 1. The minimum Gasteiger partial charge on any atom is -0.461 e. The summed E-state index contributed by atoms with van der Waals surface area (Å²) >= 11 is 0. The number of hydrogen-bond donors (Lipinski definition) is 1. The van der Waals surface area contributed by atoms with Crippen LogP contribution in [0.2, 0.25) is 0 Å². The van der Waals surface area contributed by atoms with Crippen molar-refractivity contribution in [2.45, 2.75) is 32.5 Å². The van der Waals surface area contributed by atoms with Crippen LogP contribution in [0.1, 0.15) is 25.8 Å². The Balaban J connectivity index is 3.06. The highest BCUT2D eigenvalue weighted by molar-refractivity contribution is 5.42. The number of nitrogens with one attached hydrogen (secondary N) is 1. The minimum atomic E-state index is -4.46. The molecule has 0 fully saturated rings. The third-order valence-electron chi connectivity index (χ3n) is 2.22. The van der Waals surface area contributed by atoms with Gasteiger partial charge in [0.15, 0.2) is 6.10 Å². The topological polar surface area (TPSA) is 34.1 Å². The van der Waals surface area contributed by atoms with E-state index in [2.05, 4.69) is 16.2 Å². The zero-order valence-electron chi connectivity index (χ0n) is 10.7. The van der Waals surface area contributed by atoms with Crippen LogP contribution in [-0.4, -0.2) is 17.6 Å². The zero-order valence-corrected chi connectivity index (χ0v) is 10.7. The molecule has 0 radical (unpaired) electrons.